The zero-order valence-corrected chi connectivity index (χ0v) is 12.0. The molecule has 21 heavy (non-hydrogen) atoms. The predicted octanol–water partition coefficient (Wildman–Crippen LogP) is 1.75. The Hall–Kier alpha value is -2.37. The molecule has 0 aliphatic carbocycles. The van der Waals surface area contributed by atoms with Gasteiger partial charge in [-0.25, -0.2) is 4.98 Å². The standard InChI is InChI=1S/C15H19N3O3/c1-17(9-4-7-15(20)21)14(19)8-10-18-11-16-12-5-2-3-6-13(12)18/h2-3,5-6,11H,4,7-10H2,1H3,(H,20,21). The van der Waals surface area contributed by atoms with Crippen LogP contribution in [0.1, 0.15) is 19.3 Å². The van der Waals surface area contributed by atoms with Crippen LogP contribution in [0, 0.1) is 0 Å². The van der Waals surface area contributed by atoms with Gasteiger partial charge >= 0.3 is 5.97 Å². The Morgan fingerprint density at radius 3 is 2.81 bits per heavy atom. The number of carbonyl (C=O) groups excluding carboxylic acids is 1. The highest BCUT2D eigenvalue weighted by Gasteiger charge is 2.10. The van der Waals surface area contributed by atoms with Crippen molar-refractivity contribution in [3.63, 3.8) is 0 Å². The molecule has 6 nitrogen and oxygen atoms in total. The van der Waals surface area contributed by atoms with E-state index in [9.17, 15) is 9.59 Å². The van der Waals surface area contributed by atoms with E-state index in [2.05, 4.69) is 4.98 Å². The molecule has 2 rings (SSSR count). The van der Waals surface area contributed by atoms with E-state index in [-0.39, 0.29) is 12.3 Å². The lowest BCUT2D eigenvalue weighted by Gasteiger charge is -2.16. The van der Waals surface area contributed by atoms with E-state index in [0.717, 1.165) is 11.0 Å². The van der Waals surface area contributed by atoms with Gasteiger partial charge in [0.2, 0.25) is 5.91 Å². The van der Waals surface area contributed by atoms with E-state index in [1.165, 1.54) is 0 Å². The van der Waals surface area contributed by atoms with Crippen molar-refractivity contribution in [1.29, 1.82) is 0 Å². The molecular formula is C15H19N3O3. The van der Waals surface area contributed by atoms with Gasteiger partial charge in [-0.05, 0) is 18.6 Å². The van der Waals surface area contributed by atoms with Crippen LogP contribution in [-0.4, -0.2) is 45.0 Å². The van der Waals surface area contributed by atoms with Gasteiger partial charge in [-0.15, -0.1) is 0 Å². The first-order valence-corrected chi connectivity index (χ1v) is 6.93. The molecule has 0 saturated carbocycles. The second-order valence-corrected chi connectivity index (χ2v) is 4.99. The largest absolute Gasteiger partial charge is 0.481 e. The Morgan fingerprint density at radius 2 is 2.05 bits per heavy atom. The normalized spacial score (nSPS) is 10.7. The Morgan fingerprint density at radius 1 is 1.29 bits per heavy atom. The topological polar surface area (TPSA) is 75.4 Å². The van der Waals surface area contributed by atoms with Crippen molar-refractivity contribution in [3.8, 4) is 0 Å². The van der Waals surface area contributed by atoms with Gasteiger partial charge < -0.3 is 14.6 Å². The fraction of sp³-hybridized carbons (Fsp3) is 0.400. The van der Waals surface area contributed by atoms with Crippen LogP contribution < -0.4 is 0 Å². The maximum absolute atomic E-state index is 12.0. The average molecular weight is 289 g/mol. The highest BCUT2D eigenvalue weighted by Crippen LogP contribution is 2.12. The number of carboxylic acid groups (broad SMARTS) is 1. The Balaban J connectivity index is 1.84. The lowest BCUT2D eigenvalue weighted by atomic mass is 10.2. The number of rotatable bonds is 7. The molecule has 0 fully saturated rings. The molecule has 112 valence electrons. The molecule has 1 heterocycles. The minimum absolute atomic E-state index is 0.0122. The van der Waals surface area contributed by atoms with Crippen LogP contribution >= 0.6 is 0 Å². The second kappa shape index (κ2) is 6.88. The number of aliphatic carboxylic acids is 1. The summed E-state index contributed by atoms with van der Waals surface area (Å²) in [5, 5.41) is 8.58. The van der Waals surface area contributed by atoms with Crippen molar-refractivity contribution in [2.45, 2.75) is 25.8 Å². The number of imidazole rings is 1. The summed E-state index contributed by atoms with van der Waals surface area (Å²) in [4.78, 5) is 28.3. The maximum Gasteiger partial charge on any atom is 0.303 e. The number of aromatic nitrogens is 2. The number of hydrogen-bond donors (Lipinski definition) is 1. The van der Waals surface area contributed by atoms with Crippen LogP contribution in [0.15, 0.2) is 30.6 Å². The van der Waals surface area contributed by atoms with Crippen molar-refractivity contribution in [2.75, 3.05) is 13.6 Å². The number of carboxylic acids is 1. The Labute approximate surface area is 123 Å². The molecule has 1 aromatic carbocycles. The average Bonchev–Trinajstić information content (AvgIpc) is 2.87. The smallest absolute Gasteiger partial charge is 0.303 e. The molecule has 0 aliphatic heterocycles. The van der Waals surface area contributed by atoms with Crippen molar-refractivity contribution >= 4 is 22.9 Å². The maximum atomic E-state index is 12.0. The predicted molar refractivity (Wildman–Crippen MR) is 78.9 cm³/mol. The van der Waals surface area contributed by atoms with E-state index in [1.807, 2.05) is 28.8 Å². The molecule has 2 aromatic rings. The summed E-state index contributed by atoms with van der Waals surface area (Å²) in [5.74, 6) is -0.820. The number of fused-ring (bicyclic) bond motifs is 1. The minimum atomic E-state index is -0.833. The summed E-state index contributed by atoms with van der Waals surface area (Å²) < 4.78 is 1.96. The molecule has 0 saturated heterocycles. The highest BCUT2D eigenvalue weighted by atomic mass is 16.4. The van der Waals surface area contributed by atoms with Gasteiger partial charge in [0.1, 0.15) is 0 Å². The fourth-order valence-corrected chi connectivity index (χ4v) is 2.19. The third-order valence-electron chi connectivity index (χ3n) is 3.40. The van der Waals surface area contributed by atoms with Crippen molar-refractivity contribution in [2.24, 2.45) is 0 Å². The number of hydrogen-bond acceptors (Lipinski definition) is 3. The minimum Gasteiger partial charge on any atom is -0.481 e. The number of nitrogens with zero attached hydrogens (tertiary/aromatic N) is 3. The van der Waals surface area contributed by atoms with Gasteiger partial charge in [0, 0.05) is 33.0 Å². The van der Waals surface area contributed by atoms with Gasteiger partial charge in [0.15, 0.2) is 0 Å². The Kier molecular flexibility index (Phi) is 4.92. The Bertz CT molecular complexity index is 636. The van der Waals surface area contributed by atoms with Crippen LogP contribution in [0.3, 0.4) is 0 Å². The summed E-state index contributed by atoms with van der Waals surface area (Å²) >= 11 is 0. The molecular weight excluding hydrogens is 270 g/mol. The van der Waals surface area contributed by atoms with Crippen molar-refractivity contribution in [3.05, 3.63) is 30.6 Å². The molecule has 0 radical (unpaired) electrons. The summed E-state index contributed by atoms with van der Waals surface area (Å²) in [7, 11) is 1.70. The number of para-hydroxylation sites is 2. The zero-order valence-electron chi connectivity index (χ0n) is 12.0. The van der Waals surface area contributed by atoms with Gasteiger partial charge in [-0.2, -0.15) is 0 Å². The lowest BCUT2D eigenvalue weighted by molar-refractivity contribution is -0.138. The molecule has 1 aromatic heterocycles. The van der Waals surface area contributed by atoms with E-state index in [0.29, 0.717) is 25.9 Å². The van der Waals surface area contributed by atoms with Crippen LogP contribution in [-0.2, 0) is 16.1 Å². The molecule has 0 spiro atoms. The van der Waals surface area contributed by atoms with Crippen LogP contribution in [0.5, 0.6) is 0 Å². The first-order chi connectivity index (χ1) is 10.1. The molecule has 0 unspecified atom stereocenters. The van der Waals surface area contributed by atoms with E-state index < -0.39 is 5.97 Å². The SMILES string of the molecule is CN(CCCC(=O)O)C(=O)CCn1cnc2ccccc21. The quantitative estimate of drug-likeness (QED) is 0.842. The highest BCUT2D eigenvalue weighted by molar-refractivity contribution is 5.77. The van der Waals surface area contributed by atoms with Crippen LogP contribution in [0.4, 0.5) is 0 Å². The van der Waals surface area contributed by atoms with Gasteiger partial charge in [0.05, 0.1) is 17.4 Å². The number of aryl methyl sites for hydroxylation is 1. The van der Waals surface area contributed by atoms with E-state index in [4.69, 9.17) is 5.11 Å². The summed E-state index contributed by atoms with van der Waals surface area (Å²) in [6.45, 7) is 1.04. The molecule has 6 heteroatoms. The molecule has 0 aliphatic rings. The number of amides is 1. The summed E-state index contributed by atoms with van der Waals surface area (Å²) in [6, 6.07) is 7.79. The van der Waals surface area contributed by atoms with E-state index in [1.54, 1.807) is 18.3 Å². The second-order valence-electron chi connectivity index (χ2n) is 4.99. The summed E-state index contributed by atoms with van der Waals surface area (Å²) in [5.41, 5.74) is 1.93. The van der Waals surface area contributed by atoms with E-state index >= 15 is 0 Å². The van der Waals surface area contributed by atoms with Gasteiger partial charge in [-0.3, -0.25) is 9.59 Å². The fourth-order valence-electron chi connectivity index (χ4n) is 2.19. The summed E-state index contributed by atoms with van der Waals surface area (Å²) in [6.07, 6.45) is 2.68. The number of carbonyl (C=O) groups is 2. The van der Waals surface area contributed by atoms with Crippen molar-refractivity contribution < 1.29 is 14.7 Å². The molecule has 1 amide bonds. The molecule has 0 atom stereocenters. The van der Waals surface area contributed by atoms with Gasteiger partial charge in [0.25, 0.3) is 0 Å². The zero-order chi connectivity index (χ0) is 15.2. The van der Waals surface area contributed by atoms with Crippen LogP contribution in [0.2, 0.25) is 0 Å². The molecule has 1 N–H and O–H groups in total. The third-order valence-corrected chi connectivity index (χ3v) is 3.40. The monoisotopic (exact) mass is 289 g/mol. The van der Waals surface area contributed by atoms with Crippen LogP contribution in [0.25, 0.3) is 11.0 Å². The first-order valence-electron chi connectivity index (χ1n) is 6.93. The molecule has 0 bridgehead atoms. The number of benzene rings is 1. The lowest BCUT2D eigenvalue weighted by Crippen LogP contribution is -2.28. The van der Waals surface area contributed by atoms with Crippen molar-refractivity contribution in [1.82, 2.24) is 14.5 Å². The first kappa shape index (κ1) is 15.0. The third kappa shape index (κ3) is 4.05. The van der Waals surface area contributed by atoms with Gasteiger partial charge in [-0.1, -0.05) is 12.1 Å².